The van der Waals surface area contributed by atoms with E-state index < -0.39 is 0 Å². The molecule has 3 heterocycles. The lowest BCUT2D eigenvalue weighted by molar-refractivity contribution is 0.248. The van der Waals surface area contributed by atoms with E-state index in [0.29, 0.717) is 0 Å². The normalized spacial score (nSPS) is 18.2. The van der Waals surface area contributed by atoms with E-state index in [1.807, 2.05) is 12.3 Å². The summed E-state index contributed by atoms with van der Waals surface area (Å²) < 4.78 is 3.05. The average Bonchev–Trinajstić information content (AvgIpc) is 3.21. The minimum atomic E-state index is 0.818. The Labute approximate surface area is 157 Å². The van der Waals surface area contributed by atoms with E-state index in [0.717, 1.165) is 45.9 Å². The van der Waals surface area contributed by atoms with E-state index in [-0.39, 0.29) is 0 Å². The Balaban J connectivity index is 1.68. The van der Waals surface area contributed by atoms with Crippen molar-refractivity contribution in [3.63, 3.8) is 0 Å². The third-order valence-corrected chi connectivity index (χ3v) is 5.44. The van der Waals surface area contributed by atoms with E-state index in [1.54, 1.807) is 0 Å². The van der Waals surface area contributed by atoms with Crippen molar-refractivity contribution >= 4 is 27.0 Å². The molecule has 0 radical (unpaired) electrons. The van der Waals surface area contributed by atoms with Gasteiger partial charge in [0.2, 0.25) is 0 Å². The number of likely N-dealkylation sites (tertiary alicyclic amines) is 1. The number of rotatable bonds is 5. The fourth-order valence-electron chi connectivity index (χ4n) is 3.82. The molecule has 2 aromatic heterocycles. The van der Waals surface area contributed by atoms with E-state index >= 15 is 0 Å². The first kappa shape index (κ1) is 16.7. The fourth-order valence-corrected chi connectivity index (χ4v) is 4.15. The van der Waals surface area contributed by atoms with Crippen LogP contribution in [0.5, 0.6) is 0 Å². The molecule has 1 unspecified atom stereocenters. The quantitative estimate of drug-likeness (QED) is 0.610. The summed E-state index contributed by atoms with van der Waals surface area (Å²) in [4.78, 5) is 7.16. The molecule has 0 aliphatic carbocycles. The standard InChI is InChI=1S/C20H23BrN4/c1-2-6-15-9-10-24(13-15)14-25-20-18(11-17(21)12-22-20)19(23-25)16-7-4-3-5-8-16/h3-5,7-8,11-12,15H,2,6,9-10,13-14H2,1H3. The van der Waals surface area contributed by atoms with Crippen molar-refractivity contribution in [1.82, 2.24) is 19.7 Å². The van der Waals surface area contributed by atoms with Crippen LogP contribution in [-0.4, -0.2) is 32.8 Å². The van der Waals surface area contributed by atoms with Crippen LogP contribution < -0.4 is 0 Å². The number of hydrogen-bond donors (Lipinski definition) is 0. The summed E-state index contributed by atoms with van der Waals surface area (Å²) in [7, 11) is 0. The van der Waals surface area contributed by atoms with Gasteiger partial charge < -0.3 is 0 Å². The van der Waals surface area contributed by atoms with Crippen LogP contribution in [-0.2, 0) is 6.67 Å². The number of pyridine rings is 1. The summed E-state index contributed by atoms with van der Waals surface area (Å²) >= 11 is 3.55. The van der Waals surface area contributed by atoms with Gasteiger partial charge in [-0.2, -0.15) is 5.10 Å². The topological polar surface area (TPSA) is 34.0 Å². The van der Waals surface area contributed by atoms with Crippen LogP contribution in [0, 0.1) is 5.92 Å². The predicted octanol–water partition coefficient (Wildman–Crippen LogP) is 4.94. The molecule has 0 N–H and O–H groups in total. The average molecular weight is 399 g/mol. The van der Waals surface area contributed by atoms with Gasteiger partial charge in [-0.15, -0.1) is 0 Å². The fraction of sp³-hybridized carbons (Fsp3) is 0.400. The first-order valence-corrected chi connectivity index (χ1v) is 9.83. The first-order chi connectivity index (χ1) is 12.2. The van der Waals surface area contributed by atoms with E-state index in [4.69, 9.17) is 5.10 Å². The number of halogens is 1. The van der Waals surface area contributed by atoms with Gasteiger partial charge in [0.15, 0.2) is 5.65 Å². The molecule has 1 aromatic carbocycles. The third kappa shape index (κ3) is 3.48. The number of aromatic nitrogens is 3. The highest BCUT2D eigenvalue weighted by molar-refractivity contribution is 9.10. The second kappa shape index (κ2) is 7.26. The van der Waals surface area contributed by atoms with Crippen LogP contribution in [0.25, 0.3) is 22.3 Å². The van der Waals surface area contributed by atoms with E-state index in [9.17, 15) is 0 Å². The maximum Gasteiger partial charge on any atom is 0.159 e. The van der Waals surface area contributed by atoms with Gasteiger partial charge in [0.05, 0.1) is 6.67 Å². The van der Waals surface area contributed by atoms with Crippen LogP contribution in [0.1, 0.15) is 26.2 Å². The monoisotopic (exact) mass is 398 g/mol. The van der Waals surface area contributed by atoms with Gasteiger partial charge in [-0.1, -0.05) is 43.7 Å². The minimum absolute atomic E-state index is 0.818. The number of benzene rings is 1. The van der Waals surface area contributed by atoms with Crippen molar-refractivity contribution in [3.8, 4) is 11.3 Å². The van der Waals surface area contributed by atoms with Crippen LogP contribution in [0.4, 0.5) is 0 Å². The summed E-state index contributed by atoms with van der Waals surface area (Å²) in [5.41, 5.74) is 3.10. The Bertz CT molecular complexity index is 859. The van der Waals surface area contributed by atoms with Crippen LogP contribution in [0.2, 0.25) is 0 Å². The Kier molecular flexibility index (Phi) is 4.86. The molecule has 0 bridgehead atoms. The zero-order valence-corrected chi connectivity index (χ0v) is 16.1. The minimum Gasteiger partial charge on any atom is -0.284 e. The molecule has 4 nitrogen and oxygen atoms in total. The van der Waals surface area contributed by atoms with Crippen molar-refractivity contribution in [2.24, 2.45) is 5.92 Å². The zero-order chi connectivity index (χ0) is 17.2. The largest absolute Gasteiger partial charge is 0.284 e. The van der Waals surface area contributed by atoms with E-state index in [2.05, 4.69) is 67.8 Å². The van der Waals surface area contributed by atoms with Crippen LogP contribution >= 0.6 is 15.9 Å². The summed E-state index contributed by atoms with van der Waals surface area (Å²) in [6.45, 7) is 5.42. The van der Waals surface area contributed by atoms with Crippen LogP contribution in [0.15, 0.2) is 47.1 Å². The van der Waals surface area contributed by atoms with Crippen molar-refractivity contribution in [2.75, 3.05) is 13.1 Å². The lowest BCUT2D eigenvalue weighted by Crippen LogP contribution is -2.25. The number of nitrogens with zero attached hydrogens (tertiary/aromatic N) is 4. The second-order valence-electron chi connectivity index (χ2n) is 6.90. The molecule has 25 heavy (non-hydrogen) atoms. The molecule has 0 saturated carbocycles. The Morgan fingerprint density at radius 3 is 2.88 bits per heavy atom. The summed E-state index contributed by atoms with van der Waals surface area (Å²) in [5, 5.41) is 6.03. The first-order valence-electron chi connectivity index (χ1n) is 9.04. The second-order valence-corrected chi connectivity index (χ2v) is 7.82. The maximum atomic E-state index is 4.93. The number of hydrogen-bond acceptors (Lipinski definition) is 3. The van der Waals surface area contributed by atoms with Crippen LogP contribution in [0.3, 0.4) is 0 Å². The van der Waals surface area contributed by atoms with E-state index in [1.165, 1.54) is 25.8 Å². The molecular formula is C20H23BrN4. The molecule has 5 heteroatoms. The Morgan fingerprint density at radius 2 is 2.08 bits per heavy atom. The third-order valence-electron chi connectivity index (χ3n) is 5.00. The highest BCUT2D eigenvalue weighted by atomic mass is 79.9. The molecule has 1 aliphatic heterocycles. The molecule has 0 amide bonds. The van der Waals surface area contributed by atoms with Crippen molar-refractivity contribution in [1.29, 1.82) is 0 Å². The van der Waals surface area contributed by atoms with Crippen molar-refractivity contribution < 1.29 is 0 Å². The molecule has 0 spiro atoms. The number of fused-ring (bicyclic) bond motifs is 1. The maximum absolute atomic E-state index is 4.93. The Morgan fingerprint density at radius 1 is 1.24 bits per heavy atom. The smallest absolute Gasteiger partial charge is 0.159 e. The zero-order valence-electron chi connectivity index (χ0n) is 14.5. The molecule has 3 aromatic rings. The van der Waals surface area contributed by atoms with Crippen molar-refractivity contribution in [2.45, 2.75) is 32.9 Å². The lowest BCUT2D eigenvalue weighted by Gasteiger charge is -2.16. The molecule has 4 rings (SSSR count). The van der Waals surface area contributed by atoms with Gasteiger partial charge in [0.1, 0.15) is 5.69 Å². The van der Waals surface area contributed by atoms with Gasteiger partial charge >= 0.3 is 0 Å². The Hall–Kier alpha value is -1.72. The molecule has 130 valence electrons. The highest BCUT2D eigenvalue weighted by Crippen LogP contribution is 2.29. The van der Waals surface area contributed by atoms with Crippen molar-refractivity contribution in [3.05, 3.63) is 47.1 Å². The van der Waals surface area contributed by atoms with Gasteiger partial charge in [0, 0.05) is 34.7 Å². The molecule has 1 fully saturated rings. The summed E-state index contributed by atoms with van der Waals surface area (Å²) in [6.07, 6.45) is 5.77. The highest BCUT2D eigenvalue weighted by Gasteiger charge is 2.23. The molecule has 1 atom stereocenters. The molecule has 1 saturated heterocycles. The van der Waals surface area contributed by atoms with Gasteiger partial charge in [-0.05, 0) is 40.8 Å². The SMILES string of the molecule is CCCC1CCN(Cn2nc(-c3ccccc3)c3cc(Br)cnc32)C1. The summed E-state index contributed by atoms with van der Waals surface area (Å²) in [5.74, 6) is 0.836. The lowest BCUT2D eigenvalue weighted by atomic mass is 10.0. The molecule has 1 aliphatic rings. The summed E-state index contributed by atoms with van der Waals surface area (Å²) in [6, 6.07) is 12.5. The molecular weight excluding hydrogens is 376 g/mol. The van der Waals surface area contributed by atoms with Gasteiger partial charge in [-0.25, -0.2) is 9.67 Å². The predicted molar refractivity (Wildman–Crippen MR) is 105 cm³/mol. The van der Waals surface area contributed by atoms with Gasteiger partial charge in [0.25, 0.3) is 0 Å². The van der Waals surface area contributed by atoms with Gasteiger partial charge in [-0.3, -0.25) is 4.90 Å².